The number of rotatable bonds is 3. The summed E-state index contributed by atoms with van der Waals surface area (Å²) < 4.78 is 6.64. The number of aromatic nitrogens is 3. The van der Waals surface area contributed by atoms with E-state index in [1.165, 1.54) is 0 Å². The first kappa shape index (κ1) is 7.21. The van der Waals surface area contributed by atoms with Gasteiger partial charge >= 0.3 is 0 Å². The summed E-state index contributed by atoms with van der Waals surface area (Å²) in [5, 5.41) is 7.70. The minimum absolute atomic E-state index is 0.542. The van der Waals surface area contributed by atoms with Gasteiger partial charge in [-0.2, -0.15) is 0 Å². The Bertz CT molecular complexity index is 197. The van der Waals surface area contributed by atoms with Crippen LogP contribution >= 0.6 is 0 Å². The molecule has 1 aromatic rings. The number of ether oxygens (including phenoxy) is 1. The molecule has 1 heterocycles. The fourth-order valence-electron chi connectivity index (χ4n) is 0.707. The van der Waals surface area contributed by atoms with E-state index in [-0.39, 0.29) is 0 Å². The number of hydrogen-bond acceptors (Lipinski definition) is 3. The van der Waals surface area contributed by atoms with E-state index in [0.717, 1.165) is 12.2 Å². The molecule has 4 heteroatoms. The lowest BCUT2D eigenvalue weighted by Crippen LogP contribution is -1.93. The summed E-state index contributed by atoms with van der Waals surface area (Å²) in [5.74, 6) is 0. The van der Waals surface area contributed by atoms with Gasteiger partial charge in [0.15, 0.2) is 0 Å². The average Bonchev–Trinajstić information content (AvgIpc) is 2.37. The zero-order valence-corrected chi connectivity index (χ0v) is 6.24. The summed E-state index contributed by atoms with van der Waals surface area (Å²) in [7, 11) is 1.64. The fourth-order valence-corrected chi connectivity index (χ4v) is 0.707. The largest absolute Gasteiger partial charge is 0.378 e. The van der Waals surface area contributed by atoms with Crippen LogP contribution in [0.5, 0.6) is 0 Å². The molecule has 0 aliphatic heterocycles. The van der Waals surface area contributed by atoms with Crippen LogP contribution in [0.3, 0.4) is 0 Å². The zero-order valence-electron chi connectivity index (χ0n) is 6.24. The van der Waals surface area contributed by atoms with Crippen LogP contribution in [0.4, 0.5) is 0 Å². The van der Waals surface area contributed by atoms with Crippen LogP contribution in [-0.4, -0.2) is 22.1 Å². The summed E-state index contributed by atoms with van der Waals surface area (Å²) in [6.07, 6.45) is 1.88. The van der Waals surface area contributed by atoms with Crippen molar-refractivity contribution in [1.82, 2.24) is 15.0 Å². The number of aryl methyl sites for hydroxylation is 1. The second-order valence-corrected chi connectivity index (χ2v) is 2.00. The van der Waals surface area contributed by atoms with E-state index in [1.807, 2.05) is 13.1 Å². The minimum Gasteiger partial charge on any atom is -0.378 e. The summed E-state index contributed by atoms with van der Waals surface area (Å²) in [6, 6.07) is 0. The SMILES string of the molecule is CCn1cc(COC)nn1. The van der Waals surface area contributed by atoms with E-state index in [1.54, 1.807) is 11.8 Å². The van der Waals surface area contributed by atoms with Gasteiger partial charge in [0.2, 0.25) is 0 Å². The molecular formula is C6H11N3O. The van der Waals surface area contributed by atoms with Crippen LogP contribution < -0.4 is 0 Å². The molecule has 1 aromatic heterocycles. The van der Waals surface area contributed by atoms with Crippen LogP contribution in [0.1, 0.15) is 12.6 Å². The Kier molecular flexibility index (Phi) is 2.39. The van der Waals surface area contributed by atoms with Crippen LogP contribution in [0.2, 0.25) is 0 Å². The maximum Gasteiger partial charge on any atom is 0.108 e. The highest BCUT2D eigenvalue weighted by Gasteiger charge is 1.95. The van der Waals surface area contributed by atoms with Gasteiger partial charge in [-0.3, -0.25) is 4.68 Å². The van der Waals surface area contributed by atoms with Crippen molar-refractivity contribution in [3.8, 4) is 0 Å². The summed E-state index contributed by atoms with van der Waals surface area (Å²) in [6.45, 7) is 3.42. The van der Waals surface area contributed by atoms with E-state index in [2.05, 4.69) is 10.3 Å². The summed E-state index contributed by atoms with van der Waals surface area (Å²) in [4.78, 5) is 0. The van der Waals surface area contributed by atoms with Crippen molar-refractivity contribution in [2.24, 2.45) is 0 Å². The molecule has 0 aromatic carbocycles. The Labute approximate surface area is 59.8 Å². The van der Waals surface area contributed by atoms with E-state index >= 15 is 0 Å². The quantitative estimate of drug-likeness (QED) is 0.613. The highest BCUT2D eigenvalue weighted by Crippen LogP contribution is 1.93. The molecule has 0 aliphatic rings. The van der Waals surface area contributed by atoms with E-state index in [9.17, 15) is 0 Å². The summed E-state index contributed by atoms with van der Waals surface area (Å²) in [5.41, 5.74) is 0.879. The van der Waals surface area contributed by atoms with E-state index < -0.39 is 0 Å². The van der Waals surface area contributed by atoms with Gasteiger partial charge in [0.25, 0.3) is 0 Å². The highest BCUT2D eigenvalue weighted by atomic mass is 16.5. The standard InChI is InChI=1S/C6H11N3O/c1-3-9-4-6(5-10-2)7-8-9/h4H,3,5H2,1-2H3. The zero-order chi connectivity index (χ0) is 7.40. The van der Waals surface area contributed by atoms with Gasteiger partial charge in [-0.05, 0) is 6.92 Å². The number of methoxy groups -OCH3 is 1. The normalized spacial score (nSPS) is 10.2. The predicted octanol–water partition coefficient (Wildman–Crippen LogP) is 0.444. The second kappa shape index (κ2) is 3.31. The van der Waals surface area contributed by atoms with Crippen molar-refractivity contribution in [2.45, 2.75) is 20.1 Å². The molecule has 0 bridgehead atoms. The molecule has 0 fully saturated rings. The third-order valence-electron chi connectivity index (χ3n) is 1.20. The van der Waals surface area contributed by atoms with Crippen LogP contribution in [0.25, 0.3) is 0 Å². The molecule has 0 saturated carbocycles. The van der Waals surface area contributed by atoms with Crippen LogP contribution in [0.15, 0.2) is 6.20 Å². The van der Waals surface area contributed by atoms with Gasteiger partial charge in [0.1, 0.15) is 5.69 Å². The fraction of sp³-hybridized carbons (Fsp3) is 0.667. The molecule has 10 heavy (non-hydrogen) atoms. The maximum absolute atomic E-state index is 4.87. The Morgan fingerprint density at radius 2 is 2.50 bits per heavy atom. The topological polar surface area (TPSA) is 39.9 Å². The molecule has 0 amide bonds. The first-order valence-corrected chi connectivity index (χ1v) is 3.24. The van der Waals surface area contributed by atoms with Crippen LogP contribution in [0, 0.1) is 0 Å². The van der Waals surface area contributed by atoms with Crippen LogP contribution in [-0.2, 0) is 17.9 Å². The molecule has 0 atom stereocenters. The van der Waals surface area contributed by atoms with Crippen molar-refractivity contribution < 1.29 is 4.74 Å². The predicted molar refractivity (Wildman–Crippen MR) is 36.4 cm³/mol. The number of hydrogen-bond donors (Lipinski definition) is 0. The van der Waals surface area contributed by atoms with E-state index in [0.29, 0.717) is 6.61 Å². The lowest BCUT2D eigenvalue weighted by atomic mass is 10.5. The van der Waals surface area contributed by atoms with Gasteiger partial charge in [-0.1, -0.05) is 5.21 Å². The van der Waals surface area contributed by atoms with Crippen molar-refractivity contribution in [3.63, 3.8) is 0 Å². The molecule has 4 nitrogen and oxygen atoms in total. The lowest BCUT2D eigenvalue weighted by molar-refractivity contribution is 0.181. The monoisotopic (exact) mass is 141 g/mol. The molecule has 0 spiro atoms. The van der Waals surface area contributed by atoms with Gasteiger partial charge in [0.05, 0.1) is 12.8 Å². The average molecular weight is 141 g/mol. The molecule has 0 N–H and O–H groups in total. The third-order valence-corrected chi connectivity index (χ3v) is 1.20. The Morgan fingerprint density at radius 3 is 3.00 bits per heavy atom. The smallest absolute Gasteiger partial charge is 0.108 e. The van der Waals surface area contributed by atoms with Gasteiger partial charge in [-0.15, -0.1) is 5.10 Å². The second-order valence-electron chi connectivity index (χ2n) is 2.00. The molecule has 0 aliphatic carbocycles. The minimum atomic E-state index is 0.542. The van der Waals surface area contributed by atoms with Gasteiger partial charge in [-0.25, -0.2) is 0 Å². The van der Waals surface area contributed by atoms with Crippen molar-refractivity contribution >= 4 is 0 Å². The highest BCUT2D eigenvalue weighted by molar-refractivity contribution is 4.88. The third kappa shape index (κ3) is 1.54. The van der Waals surface area contributed by atoms with Gasteiger partial charge in [0, 0.05) is 13.7 Å². The maximum atomic E-state index is 4.87. The van der Waals surface area contributed by atoms with Gasteiger partial charge < -0.3 is 4.74 Å². The number of nitrogens with zero attached hydrogens (tertiary/aromatic N) is 3. The first-order chi connectivity index (χ1) is 4.86. The molecule has 0 radical (unpaired) electrons. The van der Waals surface area contributed by atoms with Crippen molar-refractivity contribution in [3.05, 3.63) is 11.9 Å². The van der Waals surface area contributed by atoms with Crippen molar-refractivity contribution in [2.75, 3.05) is 7.11 Å². The molecular weight excluding hydrogens is 130 g/mol. The summed E-state index contributed by atoms with van der Waals surface area (Å²) >= 11 is 0. The Hall–Kier alpha value is -0.900. The molecule has 0 saturated heterocycles. The Morgan fingerprint density at radius 1 is 1.70 bits per heavy atom. The Balaban J connectivity index is 2.59. The lowest BCUT2D eigenvalue weighted by Gasteiger charge is -1.89. The first-order valence-electron chi connectivity index (χ1n) is 3.24. The van der Waals surface area contributed by atoms with E-state index in [4.69, 9.17) is 4.74 Å². The molecule has 0 unspecified atom stereocenters. The van der Waals surface area contributed by atoms with Crippen molar-refractivity contribution in [1.29, 1.82) is 0 Å². The molecule has 1 rings (SSSR count). The molecule has 56 valence electrons.